The smallest absolute Gasteiger partial charge is 0.128 e. The van der Waals surface area contributed by atoms with Gasteiger partial charge in [0.05, 0.1) is 0 Å². The standard InChI is InChI=1S/C12H13NO/c13-11-8-12(14,9-11)7-6-10-4-2-1-3-5-10/h1-5,11,14H,8-9,13H2. The lowest BCUT2D eigenvalue weighted by atomic mass is 9.77. The van der Waals surface area contributed by atoms with Crippen LogP contribution < -0.4 is 5.73 Å². The minimum atomic E-state index is -0.838. The maximum absolute atomic E-state index is 9.79. The third-order valence-electron chi connectivity index (χ3n) is 2.41. The van der Waals surface area contributed by atoms with Crippen molar-refractivity contribution in [3.63, 3.8) is 0 Å². The van der Waals surface area contributed by atoms with E-state index in [0.717, 1.165) is 5.56 Å². The second-order valence-electron chi connectivity index (χ2n) is 3.82. The van der Waals surface area contributed by atoms with Gasteiger partial charge in [-0.1, -0.05) is 30.0 Å². The van der Waals surface area contributed by atoms with Crippen LogP contribution in [-0.4, -0.2) is 16.7 Å². The number of benzene rings is 1. The molecule has 0 spiro atoms. The van der Waals surface area contributed by atoms with E-state index in [4.69, 9.17) is 5.73 Å². The number of nitrogens with two attached hydrogens (primary N) is 1. The van der Waals surface area contributed by atoms with Crippen LogP contribution in [0.1, 0.15) is 18.4 Å². The van der Waals surface area contributed by atoms with Gasteiger partial charge in [0.15, 0.2) is 0 Å². The summed E-state index contributed by atoms with van der Waals surface area (Å²) < 4.78 is 0. The van der Waals surface area contributed by atoms with Gasteiger partial charge in [0.2, 0.25) is 0 Å². The van der Waals surface area contributed by atoms with Crippen molar-refractivity contribution in [3.05, 3.63) is 35.9 Å². The lowest BCUT2D eigenvalue weighted by Crippen LogP contribution is -2.50. The molecule has 1 saturated carbocycles. The first-order chi connectivity index (χ1) is 6.68. The molecule has 2 rings (SSSR count). The van der Waals surface area contributed by atoms with Crippen molar-refractivity contribution in [1.29, 1.82) is 0 Å². The van der Waals surface area contributed by atoms with Gasteiger partial charge in [-0.05, 0) is 12.1 Å². The average molecular weight is 187 g/mol. The number of aliphatic hydroxyl groups is 1. The maximum atomic E-state index is 9.79. The van der Waals surface area contributed by atoms with Crippen LogP contribution >= 0.6 is 0 Å². The van der Waals surface area contributed by atoms with Gasteiger partial charge in [-0.25, -0.2) is 0 Å². The molecule has 0 atom stereocenters. The molecular weight excluding hydrogens is 174 g/mol. The highest BCUT2D eigenvalue weighted by Crippen LogP contribution is 2.29. The molecule has 0 radical (unpaired) electrons. The molecule has 1 aromatic carbocycles. The molecule has 0 aromatic heterocycles. The molecule has 1 fully saturated rings. The molecule has 2 heteroatoms. The summed E-state index contributed by atoms with van der Waals surface area (Å²) >= 11 is 0. The summed E-state index contributed by atoms with van der Waals surface area (Å²) in [6.45, 7) is 0. The molecule has 1 aromatic rings. The fourth-order valence-corrected chi connectivity index (χ4v) is 1.62. The molecule has 2 nitrogen and oxygen atoms in total. The second kappa shape index (κ2) is 3.45. The monoisotopic (exact) mass is 187 g/mol. The van der Waals surface area contributed by atoms with E-state index >= 15 is 0 Å². The van der Waals surface area contributed by atoms with Crippen molar-refractivity contribution in [2.45, 2.75) is 24.5 Å². The Morgan fingerprint density at radius 1 is 1.29 bits per heavy atom. The Labute approximate surface area is 83.7 Å². The summed E-state index contributed by atoms with van der Waals surface area (Å²) in [5.41, 5.74) is 5.69. The lowest BCUT2D eigenvalue weighted by molar-refractivity contribution is 0.00853. The normalized spacial score (nSPS) is 30.0. The molecule has 0 bridgehead atoms. The second-order valence-corrected chi connectivity index (χ2v) is 3.82. The van der Waals surface area contributed by atoms with Crippen LogP contribution in [0.2, 0.25) is 0 Å². The zero-order valence-corrected chi connectivity index (χ0v) is 7.90. The predicted octanol–water partition coefficient (Wildman–Crippen LogP) is 0.890. The van der Waals surface area contributed by atoms with E-state index in [-0.39, 0.29) is 6.04 Å². The van der Waals surface area contributed by atoms with E-state index in [1.54, 1.807) is 0 Å². The van der Waals surface area contributed by atoms with Crippen LogP contribution in [-0.2, 0) is 0 Å². The molecule has 1 aliphatic rings. The molecule has 0 heterocycles. The fourth-order valence-electron chi connectivity index (χ4n) is 1.62. The molecule has 0 saturated heterocycles. The third-order valence-corrected chi connectivity index (χ3v) is 2.41. The van der Waals surface area contributed by atoms with E-state index in [9.17, 15) is 5.11 Å². The Bertz CT molecular complexity index is 368. The van der Waals surface area contributed by atoms with E-state index < -0.39 is 5.60 Å². The summed E-state index contributed by atoms with van der Waals surface area (Å²) in [5, 5.41) is 9.79. The van der Waals surface area contributed by atoms with Crippen molar-refractivity contribution >= 4 is 0 Å². The van der Waals surface area contributed by atoms with Crippen LogP contribution in [0, 0.1) is 11.8 Å². The molecule has 1 aliphatic carbocycles. The largest absolute Gasteiger partial charge is 0.377 e. The first-order valence-electron chi connectivity index (χ1n) is 4.74. The van der Waals surface area contributed by atoms with E-state index in [2.05, 4.69) is 11.8 Å². The van der Waals surface area contributed by atoms with Crippen molar-refractivity contribution in [1.82, 2.24) is 0 Å². The summed E-state index contributed by atoms with van der Waals surface area (Å²) in [7, 11) is 0. The van der Waals surface area contributed by atoms with Gasteiger partial charge in [0.1, 0.15) is 5.60 Å². The minimum Gasteiger partial charge on any atom is -0.377 e. The van der Waals surface area contributed by atoms with Gasteiger partial charge < -0.3 is 10.8 Å². The molecule has 0 amide bonds. The van der Waals surface area contributed by atoms with Crippen molar-refractivity contribution in [2.24, 2.45) is 5.73 Å². The summed E-state index contributed by atoms with van der Waals surface area (Å²) in [5.74, 6) is 5.82. The quantitative estimate of drug-likeness (QED) is 0.592. The van der Waals surface area contributed by atoms with Gasteiger partial charge in [0.25, 0.3) is 0 Å². The van der Waals surface area contributed by atoms with E-state index in [0.29, 0.717) is 12.8 Å². The van der Waals surface area contributed by atoms with Crippen molar-refractivity contribution < 1.29 is 5.11 Å². The van der Waals surface area contributed by atoms with Gasteiger partial charge in [-0.15, -0.1) is 0 Å². The topological polar surface area (TPSA) is 46.2 Å². The number of hydrogen-bond acceptors (Lipinski definition) is 2. The van der Waals surface area contributed by atoms with Crippen LogP contribution in [0.25, 0.3) is 0 Å². The van der Waals surface area contributed by atoms with Gasteiger partial charge in [-0.3, -0.25) is 0 Å². The Balaban J connectivity index is 2.08. The van der Waals surface area contributed by atoms with Crippen LogP contribution in [0.15, 0.2) is 30.3 Å². The third kappa shape index (κ3) is 1.95. The fraction of sp³-hybridized carbons (Fsp3) is 0.333. The van der Waals surface area contributed by atoms with Crippen LogP contribution in [0.4, 0.5) is 0 Å². The summed E-state index contributed by atoms with van der Waals surface area (Å²) in [6, 6.07) is 9.77. The van der Waals surface area contributed by atoms with Gasteiger partial charge in [0, 0.05) is 24.4 Å². The SMILES string of the molecule is NC1CC(O)(C#Cc2ccccc2)C1. The minimum absolute atomic E-state index is 0.116. The Morgan fingerprint density at radius 3 is 2.50 bits per heavy atom. The molecular formula is C12H13NO. The zero-order valence-electron chi connectivity index (χ0n) is 7.90. The first-order valence-corrected chi connectivity index (χ1v) is 4.74. The van der Waals surface area contributed by atoms with E-state index in [1.165, 1.54) is 0 Å². The summed E-state index contributed by atoms with van der Waals surface area (Å²) in [4.78, 5) is 0. The molecule has 14 heavy (non-hydrogen) atoms. The Morgan fingerprint density at radius 2 is 1.93 bits per heavy atom. The maximum Gasteiger partial charge on any atom is 0.128 e. The van der Waals surface area contributed by atoms with Crippen LogP contribution in [0.3, 0.4) is 0 Å². The first kappa shape index (κ1) is 9.26. The molecule has 72 valence electrons. The summed E-state index contributed by atoms with van der Waals surface area (Å²) in [6.07, 6.45) is 1.18. The average Bonchev–Trinajstić information content (AvgIpc) is 2.15. The van der Waals surface area contributed by atoms with Gasteiger partial charge >= 0.3 is 0 Å². The highest BCUT2D eigenvalue weighted by molar-refractivity contribution is 5.37. The van der Waals surface area contributed by atoms with Gasteiger partial charge in [-0.2, -0.15) is 0 Å². The molecule has 0 unspecified atom stereocenters. The van der Waals surface area contributed by atoms with Crippen molar-refractivity contribution in [2.75, 3.05) is 0 Å². The lowest BCUT2D eigenvalue weighted by Gasteiger charge is -2.37. The predicted molar refractivity (Wildman–Crippen MR) is 55.5 cm³/mol. The Kier molecular flexibility index (Phi) is 2.28. The number of rotatable bonds is 0. The molecule has 3 N–H and O–H groups in total. The van der Waals surface area contributed by atoms with Crippen LogP contribution in [0.5, 0.6) is 0 Å². The Hall–Kier alpha value is -1.30. The number of hydrogen-bond donors (Lipinski definition) is 2. The van der Waals surface area contributed by atoms with Crippen molar-refractivity contribution in [3.8, 4) is 11.8 Å². The highest BCUT2D eigenvalue weighted by atomic mass is 16.3. The zero-order chi connectivity index (χ0) is 10.0. The van der Waals surface area contributed by atoms with E-state index in [1.807, 2.05) is 30.3 Å². The highest BCUT2D eigenvalue weighted by Gasteiger charge is 2.39. The molecule has 0 aliphatic heterocycles.